The van der Waals surface area contributed by atoms with Crippen LogP contribution in [0.4, 0.5) is 0 Å². The molecule has 3 heteroatoms. The molecule has 2 aliphatic heterocycles. The zero-order chi connectivity index (χ0) is 7.14. The molecule has 2 heterocycles. The van der Waals surface area contributed by atoms with Gasteiger partial charge in [0.25, 0.3) is 0 Å². The summed E-state index contributed by atoms with van der Waals surface area (Å²) in [6.45, 7) is 2.86. The molecule has 3 nitrogen and oxygen atoms in total. The maximum atomic E-state index is 11.1. The van der Waals surface area contributed by atoms with Gasteiger partial charge < -0.3 is 4.90 Å². The van der Waals surface area contributed by atoms with Crippen molar-refractivity contribution in [3.8, 4) is 0 Å². The normalized spacial score (nSPS) is 38.9. The SMILES string of the molecule is CN1C(=O)CN2CCC1C2. The van der Waals surface area contributed by atoms with Crippen LogP contribution in [0.25, 0.3) is 0 Å². The lowest BCUT2D eigenvalue weighted by atomic mass is 10.2. The number of hydrogen-bond acceptors (Lipinski definition) is 2. The zero-order valence-corrected chi connectivity index (χ0v) is 6.21. The molecule has 56 valence electrons. The van der Waals surface area contributed by atoms with Gasteiger partial charge in [-0.2, -0.15) is 0 Å². The fraction of sp³-hybridized carbons (Fsp3) is 0.857. The van der Waals surface area contributed by atoms with E-state index in [0.717, 1.165) is 13.1 Å². The molecule has 0 saturated carbocycles. The topological polar surface area (TPSA) is 23.6 Å². The maximum Gasteiger partial charge on any atom is 0.236 e. The van der Waals surface area contributed by atoms with Gasteiger partial charge in [0.1, 0.15) is 0 Å². The van der Waals surface area contributed by atoms with Gasteiger partial charge >= 0.3 is 0 Å². The van der Waals surface area contributed by atoms with Crippen molar-refractivity contribution in [1.29, 1.82) is 0 Å². The summed E-state index contributed by atoms with van der Waals surface area (Å²) in [5.41, 5.74) is 0. The molecule has 2 rings (SSSR count). The van der Waals surface area contributed by atoms with Gasteiger partial charge in [-0.05, 0) is 6.42 Å². The van der Waals surface area contributed by atoms with E-state index in [1.54, 1.807) is 0 Å². The molecule has 1 amide bonds. The second kappa shape index (κ2) is 1.95. The number of rotatable bonds is 0. The molecule has 2 aliphatic rings. The van der Waals surface area contributed by atoms with Crippen LogP contribution < -0.4 is 0 Å². The summed E-state index contributed by atoms with van der Waals surface area (Å²) in [7, 11) is 1.91. The second-order valence-corrected chi connectivity index (χ2v) is 3.18. The van der Waals surface area contributed by atoms with Crippen LogP contribution in [-0.2, 0) is 4.79 Å². The summed E-state index contributed by atoms with van der Waals surface area (Å²) in [6.07, 6.45) is 1.17. The first kappa shape index (κ1) is 6.16. The fourth-order valence-corrected chi connectivity index (χ4v) is 1.78. The van der Waals surface area contributed by atoms with Gasteiger partial charge in [0, 0.05) is 26.2 Å². The molecule has 2 fully saturated rings. The highest BCUT2D eigenvalue weighted by Gasteiger charge is 2.34. The third-order valence-electron chi connectivity index (χ3n) is 2.55. The molecule has 0 aromatic rings. The number of carbonyl (C=O) groups is 1. The molecule has 0 radical (unpaired) electrons. The van der Waals surface area contributed by atoms with Gasteiger partial charge in [-0.25, -0.2) is 0 Å². The molecule has 2 bridgehead atoms. The Kier molecular flexibility index (Phi) is 1.20. The Morgan fingerprint density at radius 3 is 3.20 bits per heavy atom. The van der Waals surface area contributed by atoms with Crippen LogP contribution in [0.1, 0.15) is 6.42 Å². The number of carbonyl (C=O) groups excluding carboxylic acids is 1. The summed E-state index contributed by atoms with van der Waals surface area (Å²) < 4.78 is 0. The van der Waals surface area contributed by atoms with E-state index in [-0.39, 0.29) is 5.91 Å². The Bertz CT molecular complexity index is 169. The van der Waals surface area contributed by atoms with Crippen LogP contribution in [0.2, 0.25) is 0 Å². The molecule has 0 aromatic heterocycles. The van der Waals surface area contributed by atoms with Crippen molar-refractivity contribution in [3.63, 3.8) is 0 Å². The van der Waals surface area contributed by atoms with E-state index in [9.17, 15) is 4.79 Å². The van der Waals surface area contributed by atoms with Gasteiger partial charge in [0.05, 0.1) is 6.54 Å². The fourth-order valence-electron chi connectivity index (χ4n) is 1.78. The minimum atomic E-state index is 0.286. The summed E-state index contributed by atoms with van der Waals surface area (Å²) >= 11 is 0. The lowest BCUT2D eigenvalue weighted by Crippen LogP contribution is -2.48. The first-order chi connectivity index (χ1) is 4.77. The van der Waals surface area contributed by atoms with Crippen molar-refractivity contribution in [2.75, 3.05) is 26.7 Å². The lowest BCUT2D eigenvalue weighted by molar-refractivity contribution is -0.134. The first-order valence-corrected chi connectivity index (χ1v) is 3.75. The van der Waals surface area contributed by atoms with Gasteiger partial charge in [-0.3, -0.25) is 9.69 Å². The molecular formula is C7H12N2O. The van der Waals surface area contributed by atoms with Gasteiger partial charge in [-0.1, -0.05) is 0 Å². The summed E-state index contributed by atoms with van der Waals surface area (Å²) in [4.78, 5) is 15.3. The van der Waals surface area contributed by atoms with Crippen molar-refractivity contribution in [2.45, 2.75) is 12.5 Å². The van der Waals surface area contributed by atoms with E-state index < -0.39 is 0 Å². The average molecular weight is 140 g/mol. The molecule has 2 saturated heterocycles. The van der Waals surface area contributed by atoms with E-state index in [4.69, 9.17) is 0 Å². The van der Waals surface area contributed by atoms with Crippen LogP contribution in [0.5, 0.6) is 0 Å². The number of fused-ring (bicyclic) bond motifs is 2. The largest absolute Gasteiger partial charge is 0.340 e. The third-order valence-corrected chi connectivity index (χ3v) is 2.55. The van der Waals surface area contributed by atoms with Crippen LogP contribution in [-0.4, -0.2) is 48.4 Å². The number of piperazine rings is 1. The number of likely N-dealkylation sites (N-methyl/N-ethyl adjacent to an activating group) is 1. The van der Waals surface area contributed by atoms with Gasteiger partial charge in [0.15, 0.2) is 0 Å². The van der Waals surface area contributed by atoms with Crippen LogP contribution in [0.15, 0.2) is 0 Å². The minimum Gasteiger partial charge on any atom is -0.340 e. The molecular weight excluding hydrogens is 128 g/mol. The van der Waals surface area contributed by atoms with Crippen LogP contribution in [0, 0.1) is 0 Å². The predicted molar refractivity (Wildman–Crippen MR) is 37.6 cm³/mol. The Balaban J connectivity index is 2.17. The van der Waals surface area contributed by atoms with E-state index in [1.165, 1.54) is 6.42 Å². The highest BCUT2D eigenvalue weighted by Crippen LogP contribution is 2.18. The summed E-state index contributed by atoms with van der Waals surface area (Å²) in [6, 6.07) is 0.515. The smallest absolute Gasteiger partial charge is 0.236 e. The number of hydrogen-bond donors (Lipinski definition) is 0. The van der Waals surface area contributed by atoms with E-state index >= 15 is 0 Å². The Labute approximate surface area is 60.6 Å². The first-order valence-electron chi connectivity index (χ1n) is 3.75. The van der Waals surface area contributed by atoms with Crippen LogP contribution in [0.3, 0.4) is 0 Å². The number of nitrogens with zero attached hydrogens (tertiary/aromatic N) is 2. The molecule has 0 aromatic carbocycles. The molecule has 2 unspecified atom stereocenters. The molecule has 0 N–H and O–H groups in total. The highest BCUT2D eigenvalue weighted by atomic mass is 16.2. The third kappa shape index (κ3) is 0.736. The Morgan fingerprint density at radius 1 is 1.60 bits per heavy atom. The van der Waals surface area contributed by atoms with Crippen molar-refractivity contribution >= 4 is 5.91 Å². The Morgan fingerprint density at radius 2 is 2.40 bits per heavy atom. The van der Waals surface area contributed by atoms with E-state index in [2.05, 4.69) is 4.90 Å². The quantitative estimate of drug-likeness (QED) is 0.454. The predicted octanol–water partition coefficient (Wildman–Crippen LogP) is -0.467. The number of amides is 1. The summed E-state index contributed by atoms with van der Waals surface area (Å²) in [5.74, 6) is 0.286. The maximum absolute atomic E-state index is 11.1. The molecule has 2 atom stereocenters. The molecule has 0 spiro atoms. The standard InChI is InChI=1S/C7H12N2O/c1-8-6-2-3-9(4-6)5-7(8)10/h6H,2-5H2,1H3. The lowest BCUT2D eigenvalue weighted by Gasteiger charge is -2.30. The zero-order valence-electron chi connectivity index (χ0n) is 6.21. The van der Waals surface area contributed by atoms with E-state index in [1.807, 2.05) is 11.9 Å². The monoisotopic (exact) mass is 140 g/mol. The van der Waals surface area contributed by atoms with Gasteiger partial charge in [0.2, 0.25) is 5.91 Å². The second-order valence-electron chi connectivity index (χ2n) is 3.18. The summed E-state index contributed by atoms with van der Waals surface area (Å²) in [5, 5.41) is 0. The average Bonchev–Trinajstić information content (AvgIpc) is 2.29. The van der Waals surface area contributed by atoms with Crippen molar-refractivity contribution < 1.29 is 4.79 Å². The van der Waals surface area contributed by atoms with Crippen molar-refractivity contribution in [3.05, 3.63) is 0 Å². The molecule has 10 heavy (non-hydrogen) atoms. The van der Waals surface area contributed by atoms with Crippen LogP contribution >= 0.6 is 0 Å². The van der Waals surface area contributed by atoms with Crippen molar-refractivity contribution in [2.24, 2.45) is 0 Å². The molecule has 0 aliphatic carbocycles. The minimum absolute atomic E-state index is 0.286. The highest BCUT2D eigenvalue weighted by molar-refractivity contribution is 5.79. The Hall–Kier alpha value is -0.570. The van der Waals surface area contributed by atoms with Gasteiger partial charge in [-0.15, -0.1) is 0 Å². The van der Waals surface area contributed by atoms with Crippen molar-refractivity contribution in [1.82, 2.24) is 9.80 Å². The van der Waals surface area contributed by atoms with E-state index in [0.29, 0.717) is 12.6 Å².